The largest absolute Gasteiger partial charge is 0.314 e. The van der Waals surface area contributed by atoms with Gasteiger partial charge in [-0.05, 0) is 34.6 Å². The van der Waals surface area contributed by atoms with Gasteiger partial charge in [-0.15, -0.1) is 0 Å². The lowest BCUT2D eigenvalue weighted by atomic mass is 10.1. The number of likely N-dealkylation sites (N-methyl/N-ethyl adjacent to an activating group) is 1. The van der Waals surface area contributed by atoms with Gasteiger partial charge in [0.1, 0.15) is 5.82 Å². The molecule has 2 nitrogen and oxygen atoms in total. The number of hydrogen-bond donors (Lipinski definition) is 1. The third kappa shape index (κ3) is 2.38. The number of hydrogen-bond acceptors (Lipinski definition) is 2. The van der Waals surface area contributed by atoms with Crippen molar-refractivity contribution in [2.75, 3.05) is 20.1 Å². The van der Waals surface area contributed by atoms with Gasteiger partial charge in [-0.1, -0.05) is 12.1 Å². The van der Waals surface area contributed by atoms with E-state index in [2.05, 4.69) is 33.2 Å². The molecule has 0 unspecified atom stereocenters. The molecule has 0 spiro atoms. The minimum Gasteiger partial charge on any atom is -0.314 e. The second kappa shape index (κ2) is 4.60. The highest BCUT2D eigenvalue weighted by molar-refractivity contribution is 9.10. The quantitative estimate of drug-likeness (QED) is 0.906. The van der Waals surface area contributed by atoms with Crippen LogP contribution in [-0.2, 0) is 6.54 Å². The molecule has 82 valence electrons. The number of halogens is 2. The van der Waals surface area contributed by atoms with Crippen molar-refractivity contribution in [1.29, 1.82) is 0 Å². The van der Waals surface area contributed by atoms with E-state index in [9.17, 15) is 4.39 Å². The van der Waals surface area contributed by atoms with E-state index in [1.54, 1.807) is 6.07 Å². The highest BCUT2D eigenvalue weighted by Gasteiger charge is 2.21. The zero-order valence-corrected chi connectivity index (χ0v) is 10.2. The molecule has 1 heterocycles. The van der Waals surface area contributed by atoms with E-state index in [-0.39, 0.29) is 5.82 Å². The lowest BCUT2D eigenvalue weighted by Crippen LogP contribution is -2.55. The summed E-state index contributed by atoms with van der Waals surface area (Å²) in [5.74, 6) is -0.187. The zero-order chi connectivity index (χ0) is 10.8. The average Bonchev–Trinajstić information content (AvgIpc) is 2.10. The minimum absolute atomic E-state index is 0.187. The van der Waals surface area contributed by atoms with Crippen LogP contribution >= 0.6 is 15.9 Å². The van der Waals surface area contributed by atoms with Crippen molar-refractivity contribution in [3.05, 3.63) is 34.1 Å². The van der Waals surface area contributed by atoms with Gasteiger partial charge in [0.05, 0.1) is 4.47 Å². The standard InChI is InChI=1S/C11H14BrFN2/c1-15(9-5-14-6-9)7-8-3-2-4-10(13)11(8)12/h2-4,9,14H,5-7H2,1H3. The first-order valence-electron chi connectivity index (χ1n) is 5.02. The Hall–Kier alpha value is -0.450. The predicted molar refractivity (Wildman–Crippen MR) is 62.2 cm³/mol. The smallest absolute Gasteiger partial charge is 0.137 e. The third-order valence-corrected chi connectivity index (χ3v) is 3.72. The van der Waals surface area contributed by atoms with Gasteiger partial charge in [0.15, 0.2) is 0 Å². The van der Waals surface area contributed by atoms with E-state index < -0.39 is 0 Å². The third-order valence-electron chi connectivity index (χ3n) is 2.83. The van der Waals surface area contributed by atoms with Gasteiger partial charge in [0.25, 0.3) is 0 Å². The van der Waals surface area contributed by atoms with Crippen molar-refractivity contribution in [3.63, 3.8) is 0 Å². The van der Waals surface area contributed by atoms with Gasteiger partial charge in [0, 0.05) is 25.7 Å². The number of rotatable bonds is 3. The van der Waals surface area contributed by atoms with Gasteiger partial charge in [0.2, 0.25) is 0 Å². The maximum Gasteiger partial charge on any atom is 0.137 e. The fourth-order valence-electron chi connectivity index (χ4n) is 1.65. The summed E-state index contributed by atoms with van der Waals surface area (Å²) in [6, 6.07) is 5.76. The second-order valence-corrected chi connectivity index (χ2v) is 4.73. The fraction of sp³-hybridized carbons (Fsp3) is 0.455. The van der Waals surface area contributed by atoms with Crippen LogP contribution < -0.4 is 5.32 Å². The number of nitrogens with one attached hydrogen (secondary N) is 1. The zero-order valence-electron chi connectivity index (χ0n) is 8.63. The maximum absolute atomic E-state index is 13.2. The molecular formula is C11H14BrFN2. The summed E-state index contributed by atoms with van der Waals surface area (Å²) in [5.41, 5.74) is 1.00. The van der Waals surface area contributed by atoms with Gasteiger partial charge in [-0.25, -0.2) is 4.39 Å². The molecule has 1 aliphatic heterocycles. The Kier molecular flexibility index (Phi) is 3.38. The molecular weight excluding hydrogens is 259 g/mol. The predicted octanol–water partition coefficient (Wildman–Crippen LogP) is 1.99. The summed E-state index contributed by atoms with van der Waals surface area (Å²) in [6.45, 7) is 2.84. The van der Waals surface area contributed by atoms with Crippen LogP contribution in [0.1, 0.15) is 5.56 Å². The van der Waals surface area contributed by atoms with Crippen LogP contribution in [0.2, 0.25) is 0 Å². The molecule has 1 aromatic carbocycles. The van der Waals surface area contributed by atoms with E-state index in [1.807, 2.05) is 6.07 Å². The summed E-state index contributed by atoms with van der Waals surface area (Å²) in [6.07, 6.45) is 0. The van der Waals surface area contributed by atoms with Crippen LogP contribution in [-0.4, -0.2) is 31.1 Å². The molecule has 0 saturated carbocycles. The molecule has 4 heteroatoms. The van der Waals surface area contributed by atoms with Crippen LogP contribution in [0.15, 0.2) is 22.7 Å². The topological polar surface area (TPSA) is 15.3 Å². The molecule has 1 aliphatic rings. The summed E-state index contributed by atoms with van der Waals surface area (Å²) < 4.78 is 13.8. The normalized spacial score (nSPS) is 16.8. The summed E-state index contributed by atoms with van der Waals surface area (Å²) >= 11 is 3.28. The molecule has 1 aromatic rings. The van der Waals surface area contributed by atoms with Crippen molar-refractivity contribution in [3.8, 4) is 0 Å². The van der Waals surface area contributed by atoms with Crippen molar-refractivity contribution < 1.29 is 4.39 Å². The first-order valence-corrected chi connectivity index (χ1v) is 5.81. The van der Waals surface area contributed by atoms with E-state index >= 15 is 0 Å². The molecule has 1 saturated heterocycles. The average molecular weight is 273 g/mol. The van der Waals surface area contributed by atoms with E-state index in [1.165, 1.54) is 6.07 Å². The van der Waals surface area contributed by atoms with Crippen molar-refractivity contribution in [1.82, 2.24) is 10.2 Å². The van der Waals surface area contributed by atoms with Crippen molar-refractivity contribution >= 4 is 15.9 Å². The van der Waals surface area contributed by atoms with E-state index in [0.29, 0.717) is 10.5 Å². The summed E-state index contributed by atoms with van der Waals surface area (Å²) in [7, 11) is 2.07. The minimum atomic E-state index is -0.187. The Morgan fingerprint density at radius 1 is 1.53 bits per heavy atom. The van der Waals surface area contributed by atoms with Gasteiger partial charge < -0.3 is 5.32 Å². The molecule has 1 N–H and O–H groups in total. The summed E-state index contributed by atoms with van der Waals surface area (Å²) in [4.78, 5) is 2.25. The second-order valence-electron chi connectivity index (χ2n) is 3.94. The van der Waals surface area contributed by atoms with Gasteiger partial charge >= 0.3 is 0 Å². The van der Waals surface area contributed by atoms with Gasteiger partial charge in [-0.2, -0.15) is 0 Å². The molecule has 0 radical (unpaired) electrons. The highest BCUT2D eigenvalue weighted by Crippen LogP contribution is 2.22. The monoisotopic (exact) mass is 272 g/mol. The molecule has 0 amide bonds. The first-order chi connectivity index (χ1) is 7.18. The Morgan fingerprint density at radius 2 is 2.27 bits per heavy atom. The summed E-state index contributed by atoms with van der Waals surface area (Å²) in [5, 5.41) is 3.23. The molecule has 0 atom stereocenters. The molecule has 2 rings (SSSR count). The van der Waals surface area contributed by atoms with Crippen molar-refractivity contribution in [2.45, 2.75) is 12.6 Å². The van der Waals surface area contributed by atoms with Crippen LogP contribution in [0.5, 0.6) is 0 Å². The van der Waals surface area contributed by atoms with Crippen molar-refractivity contribution in [2.24, 2.45) is 0 Å². The lowest BCUT2D eigenvalue weighted by Gasteiger charge is -2.35. The Morgan fingerprint density at radius 3 is 2.87 bits per heavy atom. The number of benzene rings is 1. The van der Waals surface area contributed by atoms with E-state index in [0.717, 1.165) is 25.2 Å². The number of nitrogens with zero attached hydrogens (tertiary/aromatic N) is 1. The first kappa shape index (κ1) is 11.0. The van der Waals surface area contributed by atoms with Crippen LogP contribution in [0.3, 0.4) is 0 Å². The maximum atomic E-state index is 13.2. The molecule has 1 fully saturated rings. The molecule has 0 aliphatic carbocycles. The highest BCUT2D eigenvalue weighted by atomic mass is 79.9. The molecule has 0 bridgehead atoms. The molecule has 0 aromatic heterocycles. The Balaban J connectivity index is 2.06. The van der Waals surface area contributed by atoms with Crippen LogP contribution in [0.25, 0.3) is 0 Å². The van der Waals surface area contributed by atoms with Crippen LogP contribution in [0.4, 0.5) is 4.39 Å². The molecule has 15 heavy (non-hydrogen) atoms. The lowest BCUT2D eigenvalue weighted by molar-refractivity contribution is 0.172. The Labute approximate surface area is 97.6 Å². The van der Waals surface area contributed by atoms with Crippen LogP contribution in [0, 0.1) is 5.82 Å². The SMILES string of the molecule is CN(Cc1cccc(F)c1Br)C1CNC1. The fourth-order valence-corrected chi connectivity index (χ4v) is 2.04. The van der Waals surface area contributed by atoms with Gasteiger partial charge in [-0.3, -0.25) is 4.90 Å². The Bertz CT molecular complexity index is 352. The van der Waals surface area contributed by atoms with E-state index in [4.69, 9.17) is 0 Å².